The summed E-state index contributed by atoms with van der Waals surface area (Å²) in [5, 5.41) is 6.32. The van der Waals surface area contributed by atoms with Crippen LogP contribution in [-0.4, -0.2) is 111 Å². The first-order chi connectivity index (χ1) is 24.3. The first-order valence-electron chi connectivity index (χ1n) is 17.4. The molecule has 50 heavy (non-hydrogen) atoms. The standard InChI is InChI=1S/C36H40N4O10/c41-31(49-33-19-45-29-15-23(1-3-27(29)47-33)35(43)37-25-17-39-11-7-21(25)8-12-39)5-6-32(42)50-34-20-46-30-16-24(2-4-28(30)48-34)36(44)38-26-18-40-13-9-22(26)10-14-40/h1-6,15-16,21-22,25-26,33-34H,7-14,17-20H2,(H,37,43)(H,38,44)/b6-5+/t25-,26-,33?,34?/m0/s1. The van der Waals surface area contributed by atoms with E-state index >= 15 is 0 Å². The van der Waals surface area contributed by atoms with Crippen molar-refractivity contribution in [2.45, 2.75) is 50.3 Å². The molecule has 6 fully saturated rings. The number of hydrogen-bond acceptors (Lipinski definition) is 12. The van der Waals surface area contributed by atoms with E-state index < -0.39 is 24.5 Å². The van der Waals surface area contributed by atoms with Crippen LogP contribution in [0.2, 0.25) is 0 Å². The van der Waals surface area contributed by atoms with Gasteiger partial charge in [0.1, 0.15) is 0 Å². The van der Waals surface area contributed by atoms with Crippen LogP contribution in [0.3, 0.4) is 0 Å². The average molecular weight is 689 g/mol. The number of nitrogens with one attached hydrogen (secondary N) is 2. The molecule has 8 aliphatic rings. The first-order valence-corrected chi connectivity index (χ1v) is 17.4. The quantitative estimate of drug-likeness (QED) is 0.308. The molecule has 2 unspecified atom stereocenters. The summed E-state index contributed by atoms with van der Waals surface area (Å²) in [6.07, 6.45) is 4.13. The Bertz CT molecular complexity index is 1560. The number of piperidine rings is 6. The number of ether oxygens (including phenoxy) is 6. The van der Waals surface area contributed by atoms with Crippen molar-refractivity contribution in [2.75, 3.05) is 52.5 Å². The summed E-state index contributed by atoms with van der Waals surface area (Å²) in [6.45, 7) is 5.93. The molecule has 14 heteroatoms. The number of fused-ring (bicyclic) bond motifs is 8. The molecule has 0 saturated carbocycles. The van der Waals surface area contributed by atoms with Gasteiger partial charge in [0.2, 0.25) is 0 Å². The molecule has 0 radical (unpaired) electrons. The second-order valence-corrected chi connectivity index (χ2v) is 13.7. The number of benzene rings is 2. The Morgan fingerprint density at radius 2 is 1.04 bits per heavy atom. The minimum Gasteiger partial charge on any atom is -0.482 e. The molecule has 264 valence electrons. The molecular weight excluding hydrogens is 648 g/mol. The van der Waals surface area contributed by atoms with E-state index in [1.54, 1.807) is 36.4 Å². The summed E-state index contributed by atoms with van der Waals surface area (Å²) >= 11 is 0. The number of carbonyl (C=O) groups is 4. The van der Waals surface area contributed by atoms with E-state index in [9.17, 15) is 19.2 Å². The average Bonchev–Trinajstić information content (AvgIpc) is 3.14. The third kappa shape index (κ3) is 7.08. The topological polar surface area (TPSA) is 154 Å². The summed E-state index contributed by atoms with van der Waals surface area (Å²) in [5.74, 6) is 0.403. The van der Waals surface area contributed by atoms with Crippen LogP contribution in [0.1, 0.15) is 46.4 Å². The second-order valence-electron chi connectivity index (χ2n) is 13.7. The number of esters is 2. The van der Waals surface area contributed by atoms with Crippen molar-refractivity contribution in [3.05, 3.63) is 59.7 Å². The fourth-order valence-corrected chi connectivity index (χ4v) is 7.74. The van der Waals surface area contributed by atoms with Gasteiger partial charge in [0.05, 0.1) is 0 Å². The minimum absolute atomic E-state index is 0.0997. The fraction of sp³-hybridized carbons (Fsp3) is 0.500. The molecule has 14 nitrogen and oxygen atoms in total. The number of hydrogen-bond donors (Lipinski definition) is 2. The normalized spacial score (nSPS) is 30.3. The molecule has 0 spiro atoms. The fourth-order valence-electron chi connectivity index (χ4n) is 7.74. The van der Waals surface area contributed by atoms with Crippen LogP contribution >= 0.6 is 0 Å². The maximum absolute atomic E-state index is 12.9. The summed E-state index contributed by atoms with van der Waals surface area (Å²) in [5.41, 5.74) is 0.923. The molecule has 0 aromatic heterocycles. The molecule has 2 amide bonds. The van der Waals surface area contributed by atoms with Gasteiger partial charge in [-0.05, 0) is 100 Å². The molecular formula is C36H40N4O10. The molecule has 2 aromatic carbocycles. The van der Waals surface area contributed by atoms with Crippen LogP contribution in [0.25, 0.3) is 0 Å². The first kappa shape index (κ1) is 32.4. The highest BCUT2D eigenvalue weighted by molar-refractivity contribution is 5.96. The van der Waals surface area contributed by atoms with Gasteiger partial charge in [0, 0.05) is 48.5 Å². The number of rotatable bonds is 8. The van der Waals surface area contributed by atoms with Gasteiger partial charge in [0.15, 0.2) is 36.2 Å². The maximum atomic E-state index is 12.9. The van der Waals surface area contributed by atoms with Crippen molar-refractivity contribution in [1.29, 1.82) is 0 Å². The lowest BCUT2D eigenvalue weighted by Crippen LogP contribution is -2.57. The molecule has 8 heterocycles. The summed E-state index contributed by atoms with van der Waals surface area (Å²) in [4.78, 5) is 55.5. The highest BCUT2D eigenvalue weighted by atomic mass is 16.7. The zero-order chi connectivity index (χ0) is 34.2. The van der Waals surface area contributed by atoms with Crippen LogP contribution in [0.4, 0.5) is 0 Å². The lowest BCUT2D eigenvalue weighted by Gasteiger charge is -2.44. The molecule has 10 rings (SSSR count). The van der Waals surface area contributed by atoms with E-state index in [1.807, 2.05) is 0 Å². The Kier molecular flexibility index (Phi) is 8.96. The Labute approximate surface area is 288 Å². The molecule has 2 N–H and O–H groups in total. The van der Waals surface area contributed by atoms with Gasteiger partial charge >= 0.3 is 11.9 Å². The Morgan fingerprint density at radius 1 is 0.620 bits per heavy atom. The van der Waals surface area contributed by atoms with Crippen LogP contribution < -0.4 is 29.6 Å². The van der Waals surface area contributed by atoms with Gasteiger partial charge in [-0.1, -0.05) is 0 Å². The van der Waals surface area contributed by atoms with E-state index in [1.165, 1.54) is 0 Å². The second kappa shape index (κ2) is 13.8. The van der Waals surface area contributed by atoms with E-state index in [0.29, 0.717) is 46.0 Å². The lowest BCUT2D eigenvalue weighted by atomic mass is 9.84. The molecule has 2 aromatic rings. The number of amides is 2. The summed E-state index contributed by atoms with van der Waals surface area (Å²) in [7, 11) is 0. The highest BCUT2D eigenvalue weighted by Gasteiger charge is 2.37. The molecule has 0 aliphatic carbocycles. The third-order valence-corrected chi connectivity index (χ3v) is 10.5. The lowest BCUT2D eigenvalue weighted by molar-refractivity contribution is -0.167. The van der Waals surface area contributed by atoms with Crippen molar-refractivity contribution in [1.82, 2.24) is 20.4 Å². The van der Waals surface area contributed by atoms with Gasteiger partial charge in [-0.25, -0.2) is 9.59 Å². The van der Waals surface area contributed by atoms with Crippen molar-refractivity contribution < 1.29 is 47.6 Å². The van der Waals surface area contributed by atoms with Crippen LogP contribution in [0.5, 0.6) is 23.0 Å². The smallest absolute Gasteiger partial charge is 0.334 e. The van der Waals surface area contributed by atoms with Crippen molar-refractivity contribution in [2.24, 2.45) is 11.8 Å². The van der Waals surface area contributed by atoms with Crippen LogP contribution in [0, 0.1) is 11.8 Å². The molecule has 4 bridgehead atoms. The van der Waals surface area contributed by atoms with Crippen molar-refractivity contribution >= 4 is 23.8 Å². The Hall–Kier alpha value is -4.82. The molecule has 4 atom stereocenters. The summed E-state index contributed by atoms with van der Waals surface area (Å²) in [6, 6.07) is 10.0. The largest absolute Gasteiger partial charge is 0.482 e. The van der Waals surface area contributed by atoms with Crippen molar-refractivity contribution in [3.8, 4) is 23.0 Å². The predicted molar refractivity (Wildman–Crippen MR) is 175 cm³/mol. The third-order valence-electron chi connectivity index (χ3n) is 10.5. The van der Waals surface area contributed by atoms with Crippen molar-refractivity contribution in [3.63, 3.8) is 0 Å². The van der Waals surface area contributed by atoms with Gasteiger partial charge in [-0.3, -0.25) is 9.59 Å². The minimum atomic E-state index is -1.06. The van der Waals surface area contributed by atoms with Gasteiger partial charge in [-0.2, -0.15) is 0 Å². The van der Waals surface area contributed by atoms with E-state index in [2.05, 4.69) is 20.4 Å². The Morgan fingerprint density at radius 3 is 1.42 bits per heavy atom. The highest BCUT2D eigenvalue weighted by Crippen LogP contribution is 2.35. The summed E-state index contributed by atoms with van der Waals surface area (Å²) < 4.78 is 33.5. The SMILES string of the molecule is O=C(/C=C/C(=O)OC1COc2cc(C(=O)N[C@H]3CN4CCC3CC4)ccc2O1)OC1COc2cc(C(=O)N[C@H]3CN4CCC3CC4)ccc2O1. The zero-order valence-electron chi connectivity index (χ0n) is 27.5. The predicted octanol–water partition coefficient (Wildman–Crippen LogP) is 1.87. The van der Waals surface area contributed by atoms with Gasteiger partial charge in [0.25, 0.3) is 24.4 Å². The number of carbonyl (C=O) groups excluding carboxylic acids is 4. The van der Waals surface area contributed by atoms with E-state index in [-0.39, 0.29) is 37.1 Å². The van der Waals surface area contributed by atoms with E-state index in [0.717, 1.165) is 77.1 Å². The zero-order valence-corrected chi connectivity index (χ0v) is 27.5. The van der Waals surface area contributed by atoms with Gasteiger partial charge in [-0.15, -0.1) is 0 Å². The van der Waals surface area contributed by atoms with E-state index in [4.69, 9.17) is 28.4 Å². The van der Waals surface area contributed by atoms with Gasteiger partial charge < -0.3 is 48.9 Å². The van der Waals surface area contributed by atoms with Crippen LogP contribution in [-0.2, 0) is 19.1 Å². The number of nitrogens with zero attached hydrogens (tertiary/aromatic N) is 2. The molecule has 6 saturated heterocycles. The monoisotopic (exact) mass is 688 g/mol. The molecule has 8 aliphatic heterocycles. The van der Waals surface area contributed by atoms with Crippen LogP contribution in [0.15, 0.2) is 48.6 Å². The Balaban J connectivity index is 0.778. The maximum Gasteiger partial charge on any atom is 0.334 e.